The maximum absolute atomic E-state index is 12.2. The zero-order valence-electron chi connectivity index (χ0n) is 15.3. The Labute approximate surface area is 145 Å². The number of rotatable bonds is 4. The Morgan fingerprint density at radius 2 is 1.58 bits per heavy atom. The minimum atomic E-state index is -0.754. The Hall–Kier alpha value is -1.30. The molecule has 2 rings (SSSR count). The molecule has 1 amide bonds. The predicted octanol–water partition coefficient (Wildman–Crippen LogP) is 3.11. The van der Waals surface area contributed by atoms with Gasteiger partial charge in [-0.15, -0.1) is 0 Å². The van der Waals surface area contributed by atoms with Gasteiger partial charge in [0, 0.05) is 25.2 Å². The highest BCUT2D eigenvalue weighted by molar-refractivity contribution is 5.69. The van der Waals surface area contributed by atoms with E-state index >= 15 is 0 Å². The van der Waals surface area contributed by atoms with Crippen LogP contribution in [0.15, 0.2) is 0 Å². The van der Waals surface area contributed by atoms with Crippen LogP contribution < -0.4 is 0 Å². The number of hydrogen-bond donors (Lipinski definition) is 1. The first-order chi connectivity index (χ1) is 11.3. The third kappa shape index (κ3) is 5.65. The number of carboxylic acid groups (broad SMARTS) is 1. The van der Waals surface area contributed by atoms with Crippen molar-refractivity contribution in [2.75, 3.05) is 19.6 Å². The molecule has 0 atom stereocenters. The van der Waals surface area contributed by atoms with Gasteiger partial charge in [-0.25, -0.2) is 4.79 Å². The predicted molar refractivity (Wildman–Crippen MR) is 92.0 cm³/mol. The third-order valence-electron chi connectivity index (χ3n) is 4.95. The van der Waals surface area contributed by atoms with Crippen molar-refractivity contribution in [3.8, 4) is 0 Å². The lowest BCUT2D eigenvalue weighted by molar-refractivity contribution is -0.140. The SMILES string of the molecule is CC(C)(C)OC(=O)N1CCC(N(CC(=O)O)C2CCCCC2)CC1. The molecule has 1 heterocycles. The third-order valence-corrected chi connectivity index (χ3v) is 4.95. The van der Waals surface area contributed by atoms with Crippen LogP contribution in [0.25, 0.3) is 0 Å². The van der Waals surface area contributed by atoms with Crippen molar-refractivity contribution < 1.29 is 19.4 Å². The molecule has 0 aromatic carbocycles. The van der Waals surface area contributed by atoms with Gasteiger partial charge in [-0.3, -0.25) is 9.69 Å². The molecule has 1 saturated heterocycles. The average Bonchev–Trinajstić information content (AvgIpc) is 2.52. The van der Waals surface area contributed by atoms with E-state index in [0.717, 1.165) is 25.7 Å². The van der Waals surface area contributed by atoms with E-state index in [0.29, 0.717) is 19.1 Å². The Kier molecular flexibility index (Phi) is 6.49. The van der Waals surface area contributed by atoms with Crippen molar-refractivity contribution in [3.63, 3.8) is 0 Å². The lowest BCUT2D eigenvalue weighted by Crippen LogP contribution is -2.52. The van der Waals surface area contributed by atoms with Crippen LogP contribution in [0, 0.1) is 0 Å². The van der Waals surface area contributed by atoms with E-state index in [1.807, 2.05) is 20.8 Å². The monoisotopic (exact) mass is 340 g/mol. The second-order valence-electron chi connectivity index (χ2n) is 8.06. The molecule has 1 aliphatic heterocycles. The highest BCUT2D eigenvalue weighted by Gasteiger charge is 2.33. The van der Waals surface area contributed by atoms with E-state index in [-0.39, 0.29) is 18.7 Å². The van der Waals surface area contributed by atoms with Crippen LogP contribution in [0.2, 0.25) is 0 Å². The van der Waals surface area contributed by atoms with Crippen molar-refractivity contribution >= 4 is 12.1 Å². The van der Waals surface area contributed by atoms with Crippen molar-refractivity contribution in [2.24, 2.45) is 0 Å². The first-order valence-corrected chi connectivity index (χ1v) is 9.22. The molecule has 138 valence electrons. The summed E-state index contributed by atoms with van der Waals surface area (Å²) in [4.78, 5) is 27.4. The van der Waals surface area contributed by atoms with Gasteiger partial charge in [-0.1, -0.05) is 19.3 Å². The fraction of sp³-hybridized carbons (Fsp3) is 0.889. The quantitative estimate of drug-likeness (QED) is 0.851. The summed E-state index contributed by atoms with van der Waals surface area (Å²) >= 11 is 0. The molecule has 24 heavy (non-hydrogen) atoms. The minimum Gasteiger partial charge on any atom is -0.480 e. The minimum absolute atomic E-state index is 0.113. The van der Waals surface area contributed by atoms with Gasteiger partial charge in [0.05, 0.1) is 6.54 Å². The molecule has 2 aliphatic rings. The molecule has 6 heteroatoms. The smallest absolute Gasteiger partial charge is 0.410 e. The average molecular weight is 340 g/mol. The molecule has 0 aromatic rings. The van der Waals surface area contributed by atoms with Crippen LogP contribution in [0.5, 0.6) is 0 Å². The number of amides is 1. The molecule has 1 saturated carbocycles. The number of hydrogen-bond acceptors (Lipinski definition) is 4. The topological polar surface area (TPSA) is 70.1 Å². The number of carbonyl (C=O) groups is 2. The molecule has 0 unspecified atom stereocenters. The van der Waals surface area contributed by atoms with Gasteiger partial charge in [0.1, 0.15) is 5.60 Å². The van der Waals surface area contributed by atoms with E-state index < -0.39 is 11.6 Å². The number of carbonyl (C=O) groups excluding carboxylic acids is 1. The van der Waals surface area contributed by atoms with Crippen LogP contribution in [0.3, 0.4) is 0 Å². The normalized spacial score (nSPS) is 21.1. The van der Waals surface area contributed by atoms with Crippen molar-refractivity contribution in [2.45, 2.75) is 83.4 Å². The van der Waals surface area contributed by atoms with E-state index in [4.69, 9.17) is 4.74 Å². The standard InChI is InChI=1S/C18H32N2O4/c1-18(2,3)24-17(23)19-11-9-15(10-12-19)20(13-16(21)22)14-7-5-4-6-8-14/h14-15H,4-13H2,1-3H3,(H,21,22). The lowest BCUT2D eigenvalue weighted by Gasteiger charge is -2.43. The van der Waals surface area contributed by atoms with Crippen molar-refractivity contribution in [1.29, 1.82) is 0 Å². The second kappa shape index (κ2) is 8.19. The number of likely N-dealkylation sites (tertiary alicyclic amines) is 1. The van der Waals surface area contributed by atoms with E-state index in [9.17, 15) is 14.7 Å². The highest BCUT2D eigenvalue weighted by atomic mass is 16.6. The summed E-state index contributed by atoms with van der Waals surface area (Å²) in [6, 6.07) is 0.635. The summed E-state index contributed by atoms with van der Waals surface area (Å²) in [5.41, 5.74) is -0.481. The molecule has 0 bridgehead atoms. The Bertz CT molecular complexity index is 433. The van der Waals surface area contributed by atoms with Gasteiger partial charge in [0.2, 0.25) is 0 Å². The molecule has 0 radical (unpaired) electrons. The summed E-state index contributed by atoms with van der Waals surface area (Å²) in [5.74, 6) is -0.754. The van der Waals surface area contributed by atoms with Crippen LogP contribution in [0.4, 0.5) is 4.79 Å². The van der Waals surface area contributed by atoms with Crippen LogP contribution >= 0.6 is 0 Å². The largest absolute Gasteiger partial charge is 0.480 e. The van der Waals surface area contributed by atoms with Gasteiger partial charge < -0.3 is 14.7 Å². The summed E-state index contributed by atoms with van der Waals surface area (Å²) < 4.78 is 5.43. The molecule has 0 aromatic heterocycles. The Morgan fingerprint density at radius 1 is 1.04 bits per heavy atom. The molecule has 1 aliphatic carbocycles. The number of aliphatic carboxylic acids is 1. The van der Waals surface area contributed by atoms with Crippen molar-refractivity contribution in [1.82, 2.24) is 9.80 Å². The fourth-order valence-corrected chi connectivity index (χ4v) is 3.83. The Balaban J connectivity index is 1.91. The van der Waals surface area contributed by atoms with Gasteiger partial charge in [0.25, 0.3) is 0 Å². The van der Waals surface area contributed by atoms with Gasteiger partial charge in [-0.2, -0.15) is 0 Å². The van der Waals surface area contributed by atoms with Crippen LogP contribution in [-0.4, -0.2) is 64.3 Å². The van der Waals surface area contributed by atoms with E-state index in [1.54, 1.807) is 4.90 Å². The zero-order chi connectivity index (χ0) is 17.7. The lowest BCUT2D eigenvalue weighted by atomic mass is 9.91. The van der Waals surface area contributed by atoms with E-state index in [2.05, 4.69) is 4.90 Å². The highest BCUT2D eigenvalue weighted by Crippen LogP contribution is 2.28. The number of carboxylic acids is 1. The van der Waals surface area contributed by atoms with E-state index in [1.165, 1.54) is 19.3 Å². The maximum atomic E-state index is 12.2. The summed E-state index contributed by atoms with van der Waals surface area (Å²) in [7, 11) is 0. The first-order valence-electron chi connectivity index (χ1n) is 9.22. The first kappa shape index (κ1) is 19.0. The zero-order valence-corrected chi connectivity index (χ0v) is 15.3. The molecule has 2 fully saturated rings. The summed E-state index contributed by atoms with van der Waals surface area (Å²) in [5, 5.41) is 9.29. The molecule has 0 spiro atoms. The second-order valence-corrected chi connectivity index (χ2v) is 8.06. The maximum Gasteiger partial charge on any atom is 0.410 e. The number of piperidine rings is 1. The molecular formula is C18H32N2O4. The van der Waals surface area contributed by atoms with Crippen molar-refractivity contribution in [3.05, 3.63) is 0 Å². The molecular weight excluding hydrogens is 308 g/mol. The van der Waals surface area contributed by atoms with Gasteiger partial charge >= 0.3 is 12.1 Å². The number of ether oxygens (including phenoxy) is 1. The summed E-state index contributed by atoms with van der Waals surface area (Å²) in [6.07, 6.45) is 7.22. The van der Waals surface area contributed by atoms with Gasteiger partial charge in [-0.05, 0) is 46.5 Å². The Morgan fingerprint density at radius 3 is 2.08 bits per heavy atom. The summed E-state index contributed by atoms with van der Waals surface area (Å²) in [6.45, 7) is 7.01. The fourth-order valence-electron chi connectivity index (χ4n) is 3.83. The van der Waals surface area contributed by atoms with Crippen LogP contribution in [0.1, 0.15) is 65.7 Å². The van der Waals surface area contributed by atoms with Crippen LogP contribution in [-0.2, 0) is 9.53 Å². The number of nitrogens with zero attached hydrogens (tertiary/aromatic N) is 2. The molecule has 1 N–H and O–H groups in total. The van der Waals surface area contributed by atoms with Gasteiger partial charge in [0.15, 0.2) is 0 Å². The molecule has 6 nitrogen and oxygen atoms in total.